The number of hydrogen-bond acceptors (Lipinski definition) is 3. The molecule has 4 aromatic carbocycles. The number of carbonyl (C=O) groups is 1. The lowest BCUT2D eigenvalue weighted by atomic mass is 9.92. The minimum absolute atomic E-state index is 0.134. The Bertz CT molecular complexity index is 1200. The molecule has 4 aromatic rings. The van der Waals surface area contributed by atoms with Crippen molar-refractivity contribution >= 4 is 64.2 Å². The van der Waals surface area contributed by atoms with E-state index in [4.69, 9.17) is 37.1 Å². The lowest BCUT2D eigenvalue weighted by Gasteiger charge is -2.18. The summed E-state index contributed by atoms with van der Waals surface area (Å²) >= 11 is 11.0. The van der Waals surface area contributed by atoms with Gasteiger partial charge in [-0.1, -0.05) is 84.9 Å². The molecule has 0 aliphatic heterocycles. The number of carbonyl (C=O) groups excluding carboxylic acids is 1. The van der Waals surface area contributed by atoms with Gasteiger partial charge in [-0.25, -0.2) is 0 Å². The minimum atomic E-state index is -0.134. The van der Waals surface area contributed by atoms with Crippen LogP contribution in [0.4, 0.5) is 0 Å². The van der Waals surface area contributed by atoms with E-state index in [1.165, 1.54) is 32.7 Å². The molecule has 0 N–H and O–H groups in total. The fourth-order valence-corrected chi connectivity index (χ4v) is 4.61. The van der Waals surface area contributed by atoms with E-state index in [-0.39, 0.29) is 12.2 Å². The first kappa shape index (κ1) is 22.3. The second-order valence-electron chi connectivity index (χ2n) is 7.32. The zero-order valence-corrected chi connectivity index (χ0v) is 18.6. The summed E-state index contributed by atoms with van der Waals surface area (Å²) in [5.41, 5.74) is 4.74. The van der Waals surface area contributed by atoms with Crippen LogP contribution in [0.1, 0.15) is 34.5 Å². The average molecular weight is 463 g/mol. The van der Waals surface area contributed by atoms with Gasteiger partial charge in [0.05, 0.1) is 23.7 Å². The maximum atomic E-state index is 8.00. The first-order valence-corrected chi connectivity index (χ1v) is 10.7. The maximum absolute atomic E-state index is 8.00. The van der Waals surface area contributed by atoms with Crippen molar-refractivity contribution in [2.24, 2.45) is 0 Å². The third kappa shape index (κ3) is 4.08. The molecule has 2 aliphatic carbocycles. The SMILES string of the molecule is C=O.ClOC1C=Cc2cccc3cccc1c23.ClOC1C=Cc2cccc3cccc1c23. The number of halogens is 2. The summed E-state index contributed by atoms with van der Waals surface area (Å²) in [7, 11) is 0. The van der Waals surface area contributed by atoms with E-state index in [9.17, 15) is 0 Å². The zero-order valence-electron chi connectivity index (χ0n) is 17.1. The number of benzene rings is 4. The van der Waals surface area contributed by atoms with Crippen molar-refractivity contribution in [3.8, 4) is 0 Å². The predicted octanol–water partition coefficient (Wildman–Crippen LogP) is 7.97. The van der Waals surface area contributed by atoms with Gasteiger partial charge in [-0.05, 0) is 56.0 Å². The van der Waals surface area contributed by atoms with E-state index >= 15 is 0 Å². The van der Waals surface area contributed by atoms with Gasteiger partial charge in [0, 0.05) is 0 Å². The van der Waals surface area contributed by atoms with Gasteiger partial charge in [0.1, 0.15) is 19.0 Å². The molecular formula is C27H20Cl2O3. The molecular weight excluding hydrogens is 443 g/mol. The minimum Gasteiger partial charge on any atom is -0.307 e. The lowest BCUT2D eigenvalue weighted by Crippen LogP contribution is -2.00. The van der Waals surface area contributed by atoms with Crippen molar-refractivity contribution in [3.05, 3.63) is 107 Å². The van der Waals surface area contributed by atoms with Crippen molar-refractivity contribution in [2.45, 2.75) is 12.2 Å². The van der Waals surface area contributed by atoms with Crippen LogP contribution >= 0.6 is 23.7 Å². The van der Waals surface area contributed by atoms with Gasteiger partial charge in [-0.3, -0.25) is 8.58 Å². The molecule has 2 aliphatic rings. The van der Waals surface area contributed by atoms with Crippen LogP contribution in [0.2, 0.25) is 0 Å². The summed E-state index contributed by atoms with van der Waals surface area (Å²) in [6.45, 7) is 2.00. The van der Waals surface area contributed by atoms with Crippen LogP contribution in [0.25, 0.3) is 33.7 Å². The Kier molecular flexibility index (Phi) is 7.03. The summed E-state index contributed by atoms with van der Waals surface area (Å²) in [5.74, 6) is 0. The lowest BCUT2D eigenvalue weighted by molar-refractivity contribution is -0.0979. The molecule has 0 heterocycles. The Hall–Kier alpha value is -2.95. The van der Waals surface area contributed by atoms with Crippen molar-refractivity contribution in [2.75, 3.05) is 0 Å². The summed E-state index contributed by atoms with van der Waals surface area (Å²) in [5, 5.41) is 4.95. The molecule has 0 fully saturated rings. The van der Waals surface area contributed by atoms with Crippen LogP contribution in [0.3, 0.4) is 0 Å². The van der Waals surface area contributed by atoms with Crippen LogP contribution in [0, 0.1) is 0 Å². The second-order valence-corrected chi connectivity index (χ2v) is 7.68. The van der Waals surface area contributed by atoms with E-state index in [1.807, 2.05) is 31.1 Å². The summed E-state index contributed by atoms with van der Waals surface area (Å²) in [4.78, 5) is 8.00. The van der Waals surface area contributed by atoms with E-state index in [0.717, 1.165) is 11.1 Å². The van der Waals surface area contributed by atoms with Crippen LogP contribution < -0.4 is 0 Å². The molecule has 0 bridgehead atoms. The summed E-state index contributed by atoms with van der Waals surface area (Å²) < 4.78 is 9.85. The fraction of sp³-hybridized carbons (Fsp3) is 0.0741. The highest BCUT2D eigenvalue weighted by molar-refractivity contribution is 6.08. The molecule has 0 amide bonds. The van der Waals surface area contributed by atoms with Crippen LogP contribution in [-0.2, 0) is 13.4 Å². The smallest absolute Gasteiger partial charge is 0.123 e. The van der Waals surface area contributed by atoms with Gasteiger partial charge in [0.15, 0.2) is 0 Å². The molecule has 5 heteroatoms. The maximum Gasteiger partial charge on any atom is 0.123 e. The molecule has 0 aromatic heterocycles. The van der Waals surface area contributed by atoms with E-state index in [1.54, 1.807) is 0 Å². The molecule has 0 saturated heterocycles. The van der Waals surface area contributed by atoms with Gasteiger partial charge in [-0.15, -0.1) is 0 Å². The fourth-order valence-electron chi connectivity index (χ4n) is 4.30. The van der Waals surface area contributed by atoms with Gasteiger partial charge in [0.25, 0.3) is 0 Å². The van der Waals surface area contributed by atoms with Gasteiger partial charge < -0.3 is 4.79 Å². The largest absolute Gasteiger partial charge is 0.307 e. The standard InChI is InChI=1S/2C13H9ClO.CH2O/c2*14-15-12-8-7-10-4-1-3-9-5-2-6-11(12)13(9)10;1-2/h2*1-8,12H;1H2. The third-order valence-corrected chi connectivity index (χ3v) is 6.03. The van der Waals surface area contributed by atoms with Crippen molar-refractivity contribution in [1.82, 2.24) is 0 Å². The highest BCUT2D eigenvalue weighted by Gasteiger charge is 2.18. The highest BCUT2D eigenvalue weighted by atomic mass is 35.5. The monoisotopic (exact) mass is 462 g/mol. The Morgan fingerprint density at radius 2 is 0.969 bits per heavy atom. The summed E-state index contributed by atoms with van der Waals surface area (Å²) in [6.07, 6.45) is 7.80. The second kappa shape index (κ2) is 10.1. The molecule has 2 atom stereocenters. The van der Waals surface area contributed by atoms with Crippen molar-refractivity contribution < 1.29 is 13.4 Å². The van der Waals surface area contributed by atoms with Crippen LogP contribution in [0.15, 0.2) is 84.9 Å². The molecule has 3 nitrogen and oxygen atoms in total. The van der Waals surface area contributed by atoms with E-state index in [2.05, 4.69) is 72.8 Å². The Morgan fingerprint density at radius 1 is 0.594 bits per heavy atom. The normalized spacial score (nSPS) is 17.3. The molecule has 32 heavy (non-hydrogen) atoms. The molecule has 2 unspecified atom stereocenters. The number of rotatable bonds is 2. The van der Waals surface area contributed by atoms with Gasteiger partial charge in [-0.2, -0.15) is 0 Å². The first-order chi connectivity index (χ1) is 15.8. The molecule has 0 saturated carbocycles. The van der Waals surface area contributed by atoms with E-state index in [0.29, 0.717) is 0 Å². The number of hydrogen-bond donors (Lipinski definition) is 0. The van der Waals surface area contributed by atoms with E-state index < -0.39 is 0 Å². The highest BCUT2D eigenvalue weighted by Crippen LogP contribution is 2.36. The van der Waals surface area contributed by atoms with Crippen LogP contribution in [-0.4, -0.2) is 6.79 Å². The average Bonchev–Trinajstić information content (AvgIpc) is 2.87. The Morgan fingerprint density at radius 3 is 1.34 bits per heavy atom. The Labute approximate surface area is 196 Å². The molecule has 6 rings (SSSR count). The topological polar surface area (TPSA) is 35.5 Å². The first-order valence-electron chi connectivity index (χ1n) is 10.0. The summed E-state index contributed by atoms with van der Waals surface area (Å²) in [6, 6.07) is 24.9. The zero-order chi connectivity index (χ0) is 22.5. The van der Waals surface area contributed by atoms with Crippen molar-refractivity contribution in [1.29, 1.82) is 0 Å². The van der Waals surface area contributed by atoms with Gasteiger partial charge in [0.2, 0.25) is 0 Å². The molecule has 160 valence electrons. The quantitative estimate of drug-likeness (QED) is 0.302. The van der Waals surface area contributed by atoms with Gasteiger partial charge >= 0.3 is 0 Å². The Balaban J connectivity index is 0.000000142. The van der Waals surface area contributed by atoms with Crippen LogP contribution in [0.5, 0.6) is 0 Å². The predicted molar refractivity (Wildman–Crippen MR) is 132 cm³/mol. The van der Waals surface area contributed by atoms with Crippen molar-refractivity contribution in [3.63, 3.8) is 0 Å². The molecule has 0 radical (unpaired) electrons. The molecule has 0 spiro atoms. The third-order valence-electron chi connectivity index (χ3n) is 5.64.